The van der Waals surface area contributed by atoms with Gasteiger partial charge in [-0.1, -0.05) is 32.0 Å². The molecule has 1 rings (SSSR count). The van der Waals surface area contributed by atoms with Crippen molar-refractivity contribution in [3.63, 3.8) is 0 Å². The van der Waals surface area contributed by atoms with Crippen LogP contribution in [0.5, 0.6) is 0 Å². The Bertz CT molecular complexity index is 267. The van der Waals surface area contributed by atoms with E-state index >= 15 is 0 Å². The predicted molar refractivity (Wildman–Crippen MR) is 52.8 cm³/mol. The molecule has 66 valence electrons. The zero-order chi connectivity index (χ0) is 9.14. The molecule has 0 aromatic heterocycles. The van der Waals surface area contributed by atoms with E-state index in [0.717, 1.165) is 11.3 Å². The Kier molecular flexibility index (Phi) is 2.71. The van der Waals surface area contributed by atoms with E-state index in [1.807, 2.05) is 12.1 Å². The van der Waals surface area contributed by atoms with Gasteiger partial charge in [0.2, 0.25) is 0 Å². The molecule has 0 unspecified atom stereocenters. The quantitative estimate of drug-likeness (QED) is 0.655. The number of benzene rings is 1. The molecular formula is C10H16N2. The maximum atomic E-state index is 5.91. The van der Waals surface area contributed by atoms with Gasteiger partial charge in [0, 0.05) is 12.2 Å². The zero-order valence-electron chi connectivity index (χ0n) is 7.67. The van der Waals surface area contributed by atoms with Crippen molar-refractivity contribution >= 4 is 5.69 Å². The SMILES string of the molecule is CC(C)c1cccc(CN)c1N. The lowest BCUT2D eigenvalue weighted by Gasteiger charge is -2.11. The third kappa shape index (κ3) is 1.59. The Morgan fingerprint density at radius 1 is 1.33 bits per heavy atom. The topological polar surface area (TPSA) is 52.0 Å². The molecule has 2 heteroatoms. The molecule has 0 amide bonds. The van der Waals surface area contributed by atoms with Crippen LogP contribution in [-0.2, 0) is 6.54 Å². The molecule has 1 aromatic carbocycles. The highest BCUT2D eigenvalue weighted by Gasteiger charge is 2.05. The first-order valence-electron chi connectivity index (χ1n) is 4.24. The average molecular weight is 164 g/mol. The molecule has 0 fully saturated rings. The summed E-state index contributed by atoms with van der Waals surface area (Å²) < 4.78 is 0. The number of nitrogens with two attached hydrogens (primary N) is 2. The van der Waals surface area contributed by atoms with E-state index in [1.165, 1.54) is 5.56 Å². The highest BCUT2D eigenvalue weighted by molar-refractivity contribution is 5.54. The van der Waals surface area contributed by atoms with Gasteiger partial charge in [-0.3, -0.25) is 0 Å². The minimum atomic E-state index is 0.469. The molecule has 0 aliphatic heterocycles. The van der Waals surface area contributed by atoms with Gasteiger partial charge in [-0.05, 0) is 17.0 Å². The van der Waals surface area contributed by atoms with Gasteiger partial charge in [0.25, 0.3) is 0 Å². The Morgan fingerprint density at radius 3 is 2.50 bits per heavy atom. The van der Waals surface area contributed by atoms with Crippen LogP contribution in [-0.4, -0.2) is 0 Å². The Morgan fingerprint density at radius 2 is 2.00 bits per heavy atom. The summed E-state index contributed by atoms with van der Waals surface area (Å²) in [7, 11) is 0. The predicted octanol–water partition coefficient (Wildman–Crippen LogP) is 1.85. The average Bonchev–Trinajstić information content (AvgIpc) is 2.04. The van der Waals surface area contributed by atoms with E-state index in [1.54, 1.807) is 0 Å². The molecule has 1 aromatic rings. The first-order chi connectivity index (χ1) is 5.66. The molecule has 0 saturated carbocycles. The Balaban J connectivity index is 3.14. The van der Waals surface area contributed by atoms with Crippen LogP contribution in [0.1, 0.15) is 30.9 Å². The van der Waals surface area contributed by atoms with Crippen LogP contribution in [0.15, 0.2) is 18.2 Å². The lowest BCUT2D eigenvalue weighted by Crippen LogP contribution is -2.05. The fraction of sp³-hybridized carbons (Fsp3) is 0.400. The molecule has 0 aliphatic carbocycles. The first-order valence-corrected chi connectivity index (χ1v) is 4.24. The van der Waals surface area contributed by atoms with Gasteiger partial charge in [-0.15, -0.1) is 0 Å². The van der Waals surface area contributed by atoms with Gasteiger partial charge >= 0.3 is 0 Å². The summed E-state index contributed by atoms with van der Waals surface area (Å²) in [5.74, 6) is 0.469. The fourth-order valence-electron chi connectivity index (χ4n) is 1.31. The van der Waals surface area contributed by atoms with Gasteiger partial charge in [0.1, 0.15) is 0 Å². The van der Waals surface area contributed by atoms with Crippen molar-refractivity contribution < 1.29 is 0 Å². The summed E-state index contributed by atoms with van der Waals surface area (Å²) >= 11 is 0. The second-order valence-electron chi connectivity index (χ2n) is 3.28. The van der Waals surface area contributed by atoms with Crippen LogP contribution in [0, 0.1) is 0 Å². The minimum absolute atomic E-state index is 0.469. The van der Waals surface area contributed by atoms with Crippen LogP contribution in [0.3, 0.4) is 0 Å². The Hall–Kier alpha value is -1.02. The third-order valence-corrected chi connectivity index (χ3v) is 2.07. The number of nitrogen functional groups attached to an aromatic ring is 1. The second kappa shape index (κ2) is 3.59. The molecule has 0 heterocycles. The molecular weight excluding hydrogens is 148 g/mol. The normalized spacial score (nSPS) is 10.7. The summed E-state index contributed by atoms with van der Waals surface area (Å²) in [6.45, 7) is 4.78. The largest absolute Gasteiger partial charge is 0.398 e. The lowest BCUT2D eigenvalue weighted by atomic mass is 9.98. The maximum absolute atomic E-state index is 5.91. The maximum Gasteiger partial charge on any atom is 0.0394 e. The van der Waals surface area contributed by atoms with Crippen LogP contribution in [0.4, 0.5) is 5.69 Å². The van der Waals surface area contributed by atoms with E-state index in [9.17, 15) is 0 Å². The lowest BCUT2D eigenvalue weighted by molar-refractivity contribution is 0.865. The monoisotopic (exact) mass is 164 g/mol. The van der Waals surface area contributed by atoms with Crippen molar-refractivity contribution in [2.75, 3.05) is 5.73 Å². The van der Waals surface area contributed by atoms with Crippen LogP contribution in [0.25, 0.3) is 0 Å². The first kappa shape index (κ1) is 9.07. The van der Waals surface area contributed by atoms with Gasteiger partial charge in [-0.25, -0.2) is 0 Å². The number of anilines is 1. The number of rotatable bonds is 2. The Labute approximate surface area is 73.6 Å². The van der Waals surface area contributed by atoms with E-state index in [4.69, 9.17) is 11.5 Å². The van der Waals surface area contributed by atoms with E-state index in [-0.39, 0.29) is 0 Å². The molecule has 0 atom stereocenters. The highest BCUT2D eigenvalue weighted by Crippen LogP contribution is 2.24. The number of para-hydroxylation sites is 1. The summed E-state index contributed by atoms with van der Waals surface area (Å²) in [5, 5.41) is 0. The van der Waals surface area contributed by atoms with Crippen LogP contribution < -0.4 is 11.5 Å². The molecule has 2 nitrogen and oxygen atoms in total. The van der Waals surface area contributed by atoms with E-state index < -0.39 is 0 Å². The molecule has 4 N–H and O–H groups in total. The van der Waals surface area contributed by atoms with Gasteiger partial charge in [-0.2, -0.15) is 0 Å². The molecule has 0 aliphatic rings. The molecule has 0 saturated heterocycles. The van der Waals surface area contributed by atoms with Crippen LogP contribution >= 0.6 is 0 Å². The number of hydrogen-bond donors (Lipinski definition) is 2. The van der Waals surface area contributed by atoms with Crippen molar-refractivity contribution in [1.82, 2.24) is 0 Å². The van der Waals surface area contributed by atoms with E-state index in [2.05, 4.69) is 19.9 Å². The van der Waals surface area contributed by atoms with Crippen molar-refractivity contribution in [3.05, 3.63) is 29.3 Å². The summed E-state index contributed by atoms with van der Waals surface area (Å²) in [4.78, 5) is 0. The third-order valence-electron chi connectivity index (χ3n) is 2.07. The summed E-state index contributed by atoms with van der Waals surface area (Å²) in [5.41, 5.74) is 14.5. The minimum Gasteiger partial charge on any atom is -0.398 e. The molecule has 0 bridgehead atoms. The molecule has 12 heavy (non-hydrogen) atoms. The highest BCUT2D eigenvalue weighted by atomic mass is 14.6. The number of hydrogen-bond acceptors (Lipinski definition) is 2. The smallest absolute Gasteiger partial charge is 0.0394 e. The summed E-state index contributed by atoms with van der Waals surface area (Å²) in [6.07, 6.45) is 0. The standard InChI is InChI=1S/C10H16N2/c1-7(2)9-5-3-4-8(6-11)10(9)12/h3-5,7H,6,11-12H2,1-2H3. The van der Waals surface area contributed by atoms with Gasteiger partial charge < -0.3 is 11.5 Å². The van der Waals surface area contributed by atoms with Crippen molar-refractivity contribution in [2.24, 2.45) is 5.73 Å². The van der Waals surface area contributed by atoms with Crippen molar-refractivity contribution in [1.29, 1.82) is 0 Å². The van der Waals surface area contributed by atoms with Crippen molar-refractivity contribution in [3.8, 4) is 0 Å². The second-order valence-corrected chi connectivity index (χ2v) is 3.28. The van der Waals surface area contributed by atoms with Gasteiger partial charge in [0.15, 0.2) is 0 Å². The zero-order valence-corrected chi connectivity index (χ0v) is 7.67. The fourth-order valence-corrected chi connectivity index (χ4v) is 1.31. The van der Waals surface area contributed by atoms with Crippen LogP contribution in [0.2, 0.25) is 0 Å². The van der Waals surface area contributed by atoms with Crippen molar-refractivity contribution in [2.45, 2.75) is 26.3 Å². The summed E-state index contributed by atoms with van der Waals surface area (Å²) in [6, 6.07) is 6.04. The van der Waals surface area contributed by atoms with Gasteiger partial charge in [0.05, 0.1) is 0 Å². The van der Waals surface area contributed by atoms with E-state index in [0.29, 0.717) is 12.5 Å². The molecule has 0 spiro atoms. The molecule has 0 radical (unpaired) electrons.